The fourth-order valence-corrected chi connectivity index (χ4v) is 3.39. The lowest BCUT2D eigenvalue weighted by atomic mass is 9.92. The number of carbonyl (C=O) groups is 3. The van der Waals surface area contributed by atoms with E-state index in [9.17, 15) is 19.5 Å². The first-order valence-electron chi connectivity index (χ1n) is 9.04. The number of amides is 1. The van der Waals surface area contributed by atoms with Gasteiger partial charge in [-0.25, -0.2) is 4.79 Å². The fraction of sp³-hybridized carbons (Fsp3) is 0.286. The van der Waals surface area contributed by atoms with Gasteiger partial charge in [-0.15, -0.1) is 0 Å². The van der Waals surface area contributed by atoms with Crippen molar-refractivity contribution >= 4 is 23.3 Å². The molecule has 29 heavy (non-hydrogen) atoms. The molecule has 0 spiro atoms. The van der Waals surface area contributed by atoms with E-state index in [1.54, 1.807) is 32.0 Å². The molecule has 0 bridgehead atoms. The topological polar surface area (TPSA) is 111 Å². The van der Waals surface area contributed by atoms with E-state index < -0.39 is 11.5 Å². The summed E-state index contributed by atoms with van der Waals surface area (Å²) in [6, 6.07) is 7.64. The lowest BCUT2D eigenvalue weighted by molar-refractivity contribution is -0.118. The number of hydrogen-bond donors (Lipinski definition) is 2. The van der Waals surface area contributed by atoms with Gasteiger partial charge in [0.25, 0.3) is 5.91 Å². The number of anilines is 1. The number of Topliss-reactive ketones (excluding diaryl/α,β-unsaturated/α-hetero) is 1. The van der Waals surface area contributed by atoms with E-state index in [0.717, 1.165) is 0 Å². The maximum Gasteiger partial charge on any atom is 0.338 e. The van der Waals surface area contributed by atoms with Crippen LogP contribution in [0.25, 0.3) is 0 Å². The highest BCUT2D eigenvalue weighted by Crippen LogP contribution is 2.40. The molecule has 0 radical (unpaired) electrons. The van der Waals surface area contributed by atoms with E-state index in [4.69, 9.17) is 14.2 Å². The molecule has 2 aliphatic rings. The number of phenolic OH excluding ortho intramolecular Hbond substituents is 1. The molecule has 8 nitrogen and oxygen atoms in total. The van der Waals surface area contributed by atoms with E-state index >= 15 is 0 Å². The molecular formula is C21H19NO7. The molecule has 150 valence electrons. The molecule has 0 saturated carbocycles. The summed E-state index contributed by atoms with van der Waals surface area (Å²) in [4.78, 5) is 35.9. The largest absolute Gasteiger partial charge is 0.507 e. The molecule has 0 aromatic heterocycles. The zero-order valence-electron chi connectivity index (χ0n) is 15.9. The van der Waals surface area contributed by atoms with Gasteiger partial charge in [-0.2, -0.15) is 0 Å². The number of ether oxygens (including phenoxy) is 3. The zero-order chi connectivity index (χ0) is 20.8. The number of ketones is 1. The maximum absolute atomic E-state index is 12.2. The summed E-state index contributed by atoms with van der Waals surface area (Å²) in [6.45, 7) is 3.42. The Kier molecular flexibility index (Phi) is 4.41. The summed E-state index contributed by atoms with van der Waals surface area (Å²) in [6.07, 6.45) is 0.160. The highest BCUT2D eigenvalue weighted by Gasteiger charge is 2.35. The molecule has 8 heteroatoms. The predicted octanol–water partition coefficient (Wildman–Crippen LogP) is 2.82. The van der Waals surface area contributed by atoms with Gasteiger partial charge >= 0.3 is 5.97 Å². The van der Waals surface area contributed by atoms with Gasteiger partial charge < -0.3 is 24.6 Å². The van der Waals surface area contributed by atoms with Gasteiger partial charge in [0.15, 0.2) is 12.4 Å². The van der Waals surface area contributed by atoms with Crippen molar-refractivity contribution in [3.8, 4) is 17.2 Å². The summed E-state index contributed by atoms with van der Waals surface area (Å²) in [5.74, 6) is -0.833. The van der Waals surface area contributed by atoms with Gasteiger partial charge in [0, 0.05) is 23.4 Å². The number of esters is 1. The van der Waals surface area contributed by atoms with Crippen molar-refractivity contribution in [1.29, 1.82) is 0 Å². The van der Waals surface area contributed by atoms with E-state index in [2.05, 4.69) is 5.32 Å². The van der Waals surface area contributed by atoms with Gasteiger partial charge in [-0.1, -0.05) is 0 Å². The van der Waals surface area contributed by atoms with Crippen molar-refractivity contribution in [3.05, 3.63) is 47.0 Å². The fourth-order valence-electron chi connectivity index (χ4n) is 3.39. The van der Waals surface area contributed by atoms with E-state index in [0.29, 0.717) is 16.8 Å². The van der Waals surface area contributed by atoms with Crippen LogP contribution in [0.4, 0.5) is 5.69 Å². The Bertz CT molecular complexity index is 1040. The zero-order valence-corrected chi connectivity index (χ0v) is 15.9. The molecule has 0 atom stereocenters. The van der Waals surface area contributed by atoms with E-state index in [1.807, 2.05) is 0 Å². The molecule has 2 aliphatic heterocycles. The second-order valence-electron chi connectivity index (χ2n) is 7.56. The minimum absolute atomic E-state index is 0.121. The maximum atomic E-state index is 12.2. The molecule has 2 N–H and O–H groups in total. The Morgan fingerprint density at radius 1 is 1.24 bits per heavy atom. The van der Waals surface area contributed by atoms with Crippen LogP contribution in [0.1, 0.15) is 46.5 Å². The molecule has 2 heterocycles. The molecule has 4 rings (SSSR count). The molecule has 0 aliphatic carbocycles. The second kappa shape index (κ2) is 6.80. The van der Waals surface area contributed by atoms with Crippen molar-refractivity contribution in [3.63, 3.8) is 0 Å². The van der Waals surface area contributed by atoms with Gasteiger partial charge in [0.1, 0.15) is 35.0 Å². The van der Waals surface area contributed by atoms with Crippen molar-refractivity contribution in [1.82, 2.24) is 0 Å². The normalized spacial score (nSPS) is 16.3. The molecule has 2 aromatic rings. The number of hydrogen-bond acceptors (Lipinski definition) is 7. The predicted molar refractivity (Wildman–Crippen MR) is 101 cm³/mol. The average Bonchev–Trinajstić information content (AvgIpc) is 2.98. The summed E-state index contributed by atoms with van der Waals surface area (Å²) in [5.41, 5.74) is 1.14. The minimum Gasteiger partial charge on any atom is -0.507 e. The van der Waals surface area contributed by atoms with Crippen LogP contribution in [0, 0.1) is 0 Å². The van der Waals surface area contributed by atoms with Crippen LogP contribution in [0.3, 0.4) is 0 Å². The first-order valence-corrected chi connectivity index (χ1v) is 9.04. The number of phenols is 1. The number of carbonyl (C=O) groups excluding carboxylic acids is 3. The van der Waals surface area contributed by atoms with Crippen LogP contribution < -0.4 is 14.8 Å². The summed E-state index contributed by atoms with van der Waals surface area (Å²) in [5, 5.41) is 12.8. The lowest BCUT2D eigenvalue weighted by Crippen LogP contribution is -2.35. The van der Waals surface area contributed by atoms with Gasteiger partial charge in [-0.05, 0) is 32.0 Å². The van der Waals surface area contributed by atoms with Gasteiger partial charge in [-0.3, -0.25) is 9.59 Å². The monoisotopic (exact) mass is 397 g/mol. The Balaban J connectivity index is 1.43. The number of benzene rings is 2. The van der Waals surface area contributed by atoms with Crippen molar-refractivity contribution in [2.75, 3.05) is 11.9 Å². The highest BCUT2D eigenvalue weighted by molar-refractivity contribution is 6.03. The Labute approximate surface area is 166 Å². The molecule has 0 fully saturated rings. The number of aromatic hydroxyl groups is 1. The molecule has 0 unspecified atom stereocenters. The third-order valence-corrected chi connectivity index (χ3v) is 4.64. The standard InChI is InChI=1S/C21H19NO7/c1-21(2)8-16(24)19-15(23)6-13(7-17(19)29-21)27-10-18(25)22-12-3-4-14-11(5-12)9-28-20(14)26/h3-7,23H,8-10H2,1-2H3,(H,22,25). The molecule has 1 amide bonds. The van der Waals surface area contributed by atoms with Crippen LogP contribution in [-0.2, 0) is 16.1 Å². The minimum atomic E-state index is -0.689. The number of rotatable bonds is 4. The van der Waals surface area contributed by atoms with Crippen LogP contribution in [0.15, 0.2) is 30.3 Å². The third kappa shape index (κ3) is 3.73. The van der Waals surface area contributed by atoms with Crippen LogP contribution >= 0.6 is 0 Å². The number of nitrogens with one attached hydrogen (secondary N) is 1. The quantitative estimate of drug-likeness (QED) is 0.763. The SMILES string of the molecule is CC1(C)CC(=O)c2c(O)cc(OCC(=O)Nc3ccc4c(c3)COC4=O)cc2O1. The van der Waals surface area contributed by atoms with Crippen molar-refractivity contribution < 1.29 is 33.7 Å². The lowest BCUT2D eigenvalue weighted by Gasteiger charge is -2.32. The summed E-state index contributed by atoms with van der Waals surface area (Å²) in [7, 11) is 0. The van der Waals surface area contributed by atoms with Crippen LogP contribution in [0.2, 0.25) is 0 Å². The van der Waals surface area contributed by atoms with E-state index in [1.165, 1.54) is 12.1 Å². The highest BCUT2D eigenvalue weighted by atomic mass is 16.5. The number of cyclic esters (lactones) is 1. The van der Waals surface area contributed by atoms with Crippen molar-refractivity contribution in [2.45, 2.75) is 32.5 Å². The van der Waals surface area contributed by atoms with Crippen molar-refractivity contribution in [2.24, 2.45) is 0 Å². The Hall–Kier alpha value is -3.55. The Morgan fingerprint density at radius 2 is 2.03 bits per heavy atom. The van der Waals surface area contributed by atoms with Gasteiger partial charge in [0.2, 0.25) is 0 Å². The summed E-state index contributed by atoms with van der Waals surface area (Å²) < 4.78 is 16.2. The molecular weight excluding hydrogens is 378 g/mol. The number of fused-ring (bicyclic) bond motifs is 2. The third-order valence-electron chi connectivity index (χ3n) is 4.64. The van der Waals surface area contributed by atoms with Gasteiger partial charge in [0.05, 0.1) is 12.0 Å². The Morgan fingerprint density at radius 3 is 2.83 bits per heavy atom. The van der Waals surface area contributed by atoms with E-state index in [-0.39, 0.29) is 54.2 Å². The summed E-state index contributed by atoms with van der Waals surface area (Å²) >= 11 is 0. The second-order valence-corrected chi connectivity index (χ2v) is 7.56. The first kappa shape index (κ1) is 18.8. The molecule has 0 saturated heterocycles. The smallest absolute Gasteiger partial charge is 0.338 e. The average molecular weight is 397 g/mol. The molecule has 2 aromatic carbocycles. The van der Waals surface area contributed by atoms with Crippen LogP contribution in [-0.4, -0.2) is 35.0 Å². The first-order chi connectivity index (χ1) is 13.7. The van der Waals surface area contributed by atoms with Crippen LogP contribution in [0.5, 0.6) is 17.2 Å².